The van der Waals surface area contributed by atoms with Crippen LogP contribution in [0.4, 0.5) is 0 Å². The summed E-state index contributed by atoms with van der Waals surface area (Å²) >= 11 is 0. The van der Waals surface area contributed by atoms with Crippen LogP contribution in [0.25, 0.3) is 0 Å². The molecule has 4 nitrogen and oxygen atoms in total. The zero-order valence-corrected chi connectivity index (χ0v) is 8.60. The van der Waals surface area contributed by atoms with Crippen LogP contribution in [-0.2, 0) is 9.09 Å². The van der Waals surface area contributed by atoms with E-state index in [1.165, 1.54) is 7.11 Å². The second-order valence-corrected chi connectivity index (χ2v) is 6.41. The van der Waals surface area contributed by atoms with Gasteiger partial charge in [0.15, 0.2) is 0 Å². The maximum atomic E-state index is 12.1. The average molecular weight is 190 g/mol. The Morgan fingerprint density at radius 2 is 2.50 bits per heavy atom. The van der Waals surface area contributed by atoms with Crippen molar-refractivity contribution in [3.63, 3.8) is 0 Å². The number of hydrazone groups is 1. The molecule has 1 rings (SSSR count). The highest BCUT2D eigenvalue weighted by Gasteiger charge is 2.44. The molecule has 12 heavy (non-hydrogen) atoms. The molecule has 1 N–H and O–H groups in total. The Morgan fingerprint density at radius 1 is 1.83 bits per heavy atom. The molecule has 2 atom stereocenters. The van der Waals surface area contributed by atoms with E-state index >= 15 is 0 Å². The van der Waals surface area contributed by atoms with Gasteiger partial charge in [0.25, 0.3) is 0 Å². The summed E-state index contributed by atoms with van der Waals surface area (Å²) in [5.41, 5.74) is 2.86. The van der Waals surface area contributed by atoms with Crippen molar-refractivity contribution in [1.29, 1.82) is 0 Å². The van der Waals surface area contributed by atoms with Crippen molar-refractivity contribution in [2.24, 2.45) is 5.10 Å². The van der Waals surface area contributed by atoms with Gasteiger partial charge in [-0.05, 0) is 6.92 Å². The lowest BCUT2D eigenvalue weighted by Gasteiger charge is -2.31. The minimum Gasteiger partial charge on any atom is -0.330 e. The fourth-order valence-corrected chi connectivity index (χ4v) is 3.28. The minimum absolute atomic E-state index is 0.490. The molecule has 1 aliphatic rings. The van der Waals surface area contributed by atoms with Crippen LogP contribution in [0.3, 0.4) is 0 Å². The Balaban J connectivity index is 2.85. The molecule has 0 fully saturated rings. The first-order chi connectivity index (χ1) is 5.58. The van der Waals surface area contributed by atoms with Gasteiger partial charge in [-0.1, -0.05) is 6.92 Å². The highest BCUT2D eigenvalue weighted by atomic mass is 31.2. The van der Waals surface area contributed by atoms with Gasteiger partial charge >= 0.3 is 0 Å². The van der Waals surface area contributed by atoms with Gasteiger partial charge in [-0.3, -0.25) is 9.99 Å². The van der Waals surface area contributed by atoms with Crippen LogP contribution in [0.5, 0.6) is 0 Å². The molecule has 5 heteroatoms. The molecule has 1 heterocycles. The molecule has 0 radical (unpaired) electrons. The fraction of sp³-hybridized carbons (Fsp3) is 0.857. The third-order valence-corrected chi connectivity index (χ3v) is 5.56. The third-order valence-electron chi connectivity index (χ3n) is 2.35. The molecule has 0 saturated carbocycles. The van der Waals surface area contributed by atoms with E-state index in [0.29, 0.717) is 12.6 Å². The second-order valence-electron chi connectivity index (χ2n) is 3.07. The van der Waals surface area contributed by atoms with Gasteiger partial charge in [0.05, 0.1) is 0 Å². The predicted octanol–water partition coefficient (Wildman–Crippen LogP) is 1.63. The summed E-state index contributed by atoms with van der Waals surface area (Å²) in [5.74, 6) is 0. The van der Waals surface area contributed by atoms with Crippen LogP contribution in [0.2, 0.25) is 0 Å². The van der Waals surface area contributed by atoms with Crippen LogP contribution >= 0.6 is 7.37 Å². The highest BCUT2D eigenvalue weighted by Crippen LogP contribution is 2.58. The Morgan fingerprint density at radius 3 is 2.83 bits per heavy atom. The van der Waals surface area contributed by atoms with E-state index < -0.39 is 12.6 Å². The number of nitrogens with one attached hydrogen (secondary N) is 1. The summed E-state index contributed by atoms with van der Waals surface area (Å²) in [5, 5.41) is 3.38. The van der Waals surface area contributed by atoms with Gasteiger partial charge in [0.2, 0.25) is 7.37 Å². The monoisotopic (exact) mass is 190 g/mol. The fourth-order valence-electron chi connectivity index (χ4n) is 1.35. The van der Waals surface area contributed by atoms with Crippen molar-refractivity contribution in [3.8, 4) is 0 Å². The van der Waals surface area contributed by atoms with Gasteiger partial charge in [-0.2, -0.15) is 5.10 Å². The quantitative estimate of drug-likeness (QED) is 0.688. The van der Waals surface area contributed by atoms with Crippen LogP contribution in [0, 0.1) is 0 Å². The summed E-state index contributed by atoms with van der Waals surface area (Å²) < 4.78 is 17.2. The Labute approximate surface area is 72.8 Å². The molecule has 0 aliphatic carbocycles. The first-order valence-corrected chi connectivity index (χ1v) is 5.82. The van der Waals surface area contributed by atoms with Crippen LogP contribution < -0.4 is 5.43 Å². The lowest BCUT2D eigenvalue weighted by atomic mass is 10.3. The Bertz CT molecular complexity index is 224. The molecule has 0 amide bonds. The minimum atomic E-state index is -2.58. The smallest absolute Gasteiger partial charge is 0.228 e. The summed E-state index contributed by atoms with van der Waals surface area (Å²) in [7, 11) is -1.08. The van der Waals surface area contributed by atoms with Gasteiger partial charge in [-0.25, -0.2) is 0 Å². The van der Waals surface area contributed by atoms with E-state index in [1.807, 2.05) is 13.8 Å². The van der Waals surface area contributed by atoms with Gasteiger partial charge in [0, 0.05) is 25.9 Å². The van der Waals surface area contributed by atoms with E-state index in [4.69, 9.17) is 4.52 Å². The van der Waals surface area contributed by atoms with E-state index in [0.717, 1.165) is 0 Å². The standard InChI is InChI=1S/C7H15N2O2P/c1-4-12(10,11-3)7(2)5-6-8-9-7/h6,9H,4-5H2,1-3H3. The first-order valence-electron chi connectivity index (χ1n) is 4.01. The number of hydrogen-bond acceptors (Lipinski definition) is 4. The number of nitrogens with zero attached hydrogens (tertiary/aromatic N) is 1. The SMILES string of the molecule is CCP(=O)(OC)C1(C)CC=NN1. The average Bonchev–Trinajstić information content (AvgIpc) is 2.52. The second kappa shape index (κ2) is 3.19. The lowest BCUT2D eigenvalue weighted by molar-refractivity contribution is 0.350. The van der Waals surface area contributed by atoms with E-state index in [1.54, 1.807) is 6.21 Å². The molecule has 0 spiro atoms. The van der Waals surface area contributed by atoms with Gasteiger partial charge < -0.3 is 4.52 Å². The Kier molecular flexibility index (Phi) is 2.59. The normalized spacial score (nSPS) is 32.9. The molecular weight excluding hydrogens is 175 g/mol. The maximum absolute atomic E-state index is 12.1. The molecule has 0 aromatic carbocycles. The van der Waals surface area contributed by atoms with Crippen molar-refractivity contribution in [3.05, 3.63) is 0 Å². The summed E-state index contributed by atoms with van der Waals surface area (Å²) in [6, 6.07) is 0. The molecule has 70 valence electrons. The van der Waals surface area contributed by atoms with Crippen molar-refractivity contribution in [1.82, 2.24) is 5.43 Å². The molecule has 2 unspecified atom stereocenters. The summed E-state index contributed by atoms with van der Waals surface area (Å²) in [6.45, 7) is 3.75. The highest BCUT2D eigenvalue weighted by molar-refractivity contribution is 7.60. The maximum Gasteiger partial charge on any atom is 0.228 e. The van der Waals surface area contributed by atoms with Crippen LogP contribution in [0.1, 0.15) is 20.3 Å². The van der Waals surface area contributed by atoms with Crippen molar-refractivity contribution in [2.75, 3.05) is 13.3 Å². The largest absolute Gasteiger partial charge is 0.330 e. The molecular formula is C7H15N2O2P. The van der Waals surface area contributed by atoms with Crippen molar-refractivity contribution < 1.29 is 9.09 Å². The Hall–Kier alpha value is -0.340. The number of hydrogen-bond donors (Lipinski definition) is 1. The van der Waals surface area contributed by atoms with Crippen LogP contribution in [0.15, 0.2) is 5.10 Å². The first kappa shape index (κ1) is 9.75. The van der Waals surface area contributed by atoms with Crippen molar-refractivity contribution in [2.45, 2.75) is 25.5 Å². The van der Waals surface area contributed by atoms with E-state index in [-0.39, 0.29) is 0 Å². The predicted molar refractivity (Wildman–Crippen MR) is 49.8 cm³/mol. The zero-order valence-electron chi connectivity index (χ0n) is 7.70. The summed E-state index contributed by atoms with van der Waals surface area (Å²) in [4.78, 5) is 0. The van der Waals surface area contributed by atoms with Crippen molar-refractivity contribution >= 4 is 13.6 Å². The molecule has 1 aliphatic heterocycles. The molecule has 0 aromatic rings. The third kappa shape index (κ3) is 1.29. The zero-order chi connectivity index (χ0) is 9.24. The molecule has 0 aromatic heterocycles. The van der Waals surface area contributed by atoms with E-state index in [2.05, 4.69) is 10.5 Å². The lowest BCUT2D eigenvalue weighted by Crippen LogP contribution is -2.36. The van der Waals surface area contributed by atoms with E-state index in [9.17, 15) is 4.57 Å². The van der Waals surface area contributed by atoms with Gasteiger partial charge in [0.1, 0.15) is 5.28 Å². The number of rotatable bonds is 3. The topological polar surface area (TPSA) is 50.7 Å². The van der Waals surface area contributed by atoms with Crippen LogP contribution in [-0.4, -0.2) is 24.8 Å². The van der Waals surface area contributed by atoms with Gasteiger partial charge in [-0.15, -0.1) is 0 Å². The summed E-state index contributed by atoms with van der Waals surface area (Å²) in [6.07, 6.45) is 2.95. The molecule has 0 bridgehead atoms. The molecule has 0 saturated heterocycles.